The second-order valence-corrected chi connectivity index (χ2v) is 6.64. The third-order valence-corrected chi connectivity index (χ3v) is 4.64. The maximum Gasteiger partial charge on any atom is 0.257 e. The van der Waals surface area contributed by atoms with Gasteiger partial charge in [0.15, 0.2) is 0 Å². The molecule has 1 N–H and O–H groups in total. The Hall–Kier alpha value is -3.41. The van der Waals surface area contributed by atoms with Crippen LogP contribution in [0.5, 0.6) is 0 Å². The fourth-order valence-electron chi connectivity index (χ4n) is 3.03. The monoisotopic (exact) mass is 360 g/mol. The Kier molecular flexibility index (Phi) is 4.46. The standard InChI is InChI=1S/C21H20N4O2/c1-24(21(27)15-10-11-15)19-9-3-2-8-18(19)20(26)23-16-6-4-7-17(14-16)25-13-5-12-22-25/h2-9,12-15H,10-11H2,1H3,(H,23,26). The van der Waals surface area contributed by atoms with Crippen molar-refractivity contribution in [2.24, 2.45) is 5.92 Å². The number of amides is 2. The smallest absolute Gasteiger partial charge is 0.257 e. The highest BCUT2D eigenvalue weighted by Gasteiger charge is 2.33. The number of hydrogen-bond donors (Lipinski definition) is 1. The molecule has 27 heavy (non-hydrogen) atoms. The molecule has 0 aliphatic heterocycles. The number of nitrogens with zero attached hydrogens (tertiary/aromatic N) is 3. The van der Waals surface area contributed by atoms with E-state index in [1.807, 2.05) is 42.6 Å². The van der Waals surface area contributed by atoms with Crippen molar-refractivity contribution < 1.29 is 9.59 Å². The topological polar surface area (TPSA) is 67.2 Å². The van der Waals surface area contributed by atoms with Crippen molar-refractivity contribution in [1.82, 2.24) is 9.78 Å². The van der Waals surface area contributed by atoms with E-state index in [1.54, 1.807) is 41.0 Å². The van der Waals surface area contributed by atoms with E-state index in [1.165, 1.54) is 0 Å². The summed E-state index contributed by atoms with van der Waals surface area (Å²) in [6.45, 7) is 0. The Morgan fingerprint density at radius 3 is 2.67 bits per heavy atom. The van der Waals surface area contributed by atoms with Gasteiger partial charge in [-0.3, -0.25) is 9.59 Å². The van der Waals surface area contributed by atoms with Crippen molar-refractivity contribution in [2.75, 3.05) is 17.3 Å². The van der Waals surface area contributed by atoms with Gasteiger partial charge in [-0.05, 0) is 49.2 Å². The van der Waals surface area contributed by atoms with Gasteiger partial charge in [0.05, 0.1) is 16.9 Å². The molecular weight excluding hydrogens is 340 g/mol. The largest absolute Gasteiger partial charge is 0.322 e. The van der Waals surface area contributed by atoms with E-state index < -0.39 is 0 Å². The molecule has 0 unspecified atom stereocenters. The molecule has 6 nitrogen and oxygen atoms in total. The van der Waals surface area contributed by atoms with Crippen molar-refractivity contribution in [2.45, 2.75) is 12.8 Å². The number of nitrogens with one attached hydrogen (secondary N) is 1. The molecular formula is C21H20N4O2. The Balaban J connectivity index is 1.57. The zero-order valence-electron chi connectivity index (χ0n) is 15.0. The second kappa shape index (κ2) is 7.07. The summed E-state index contributed by atoms with van der Waals surface area (Å²) in [6.07, 6.45) is 5.40. The molecule has 0 atom stereocenters. The van der Waals surface area contributed by atoms with Gasteiger partial charge in [0, 0.05) is 31.0 Å². The number of carbonyl (C=O) groups excluding carboxylic acids is 2. The highest BCUT2D eigenvalue weighted by molar-refractivity contribution is 6.11. The number of rotatable bonds is 5. The molecule has 136 valence electrons. The first-order valence-electron chi connectivity index (χ1n) is 8.91. The average molecular weight is 360 g/mol. The van der Waals surface area contributed by atoms with Crippen LogP contribution in [0.1, 0.15) is 23.2 Å². The molecule has 0 radical (unpaired) electrons. The van der Waals surface area contributed by atoms with Crippen LogP contribution in [0, 0.1) is 5.92 Å². The zero-order valence-corrected chi connectivity index (χ0v) is 15.0. The lowest BCUT2D eigenvalue weighted by Crippen LogP contribution is -2.29. The van der Waals surface area contributed by atoms with Crippen molar-refractivity contribution in [3.8, 4) is 5.69 Å². The maximum atomic E-state index is 12.9. The van der Waals surface area contributed by atoms with Crippen LogP contribution in [-0.4, -0.2) is 28.6 Å². The Labute approximate surface area is 157 Å². The zero-order chi connectivity index (χ0) is 18.8. The molecule has 2 amide bonds. The summed E-state index contributed by atoms with van der Waals surface area (Å²) in [6, 6.07) is 16.5. The number of aromatic nitrogens is 2. The molecule has 1 heterocycles. The summed E-state index contributed by atoms with van der Waals surface area (Å²) in [5.41, 5.74) is 2.61. The second-order valence-electron chi connectivity index (χ2n) is 6.64. The van der Waals surface area contributed by atoms with Crippen LogP contribution in [0.15, 0.2) is 67.0 Å². The maximum absolute atomic E-state index is 12.9. The van der Waals surface area contributed by atoms with E-state index in [0.29, 0.717) is 16.9 Å². The van der Waals surface area contributed by atoms with Gasteiger partial charge in [-0.15, -0.1) is 0 Å². The van der Waals surface area contributed by atoms with E-state index in [0.717, 1.165) is 18.5 Å². The van der Waals surface area contributed by atoms with Crippen molar-refractivity contribution in [3.05, 3.63) is 72.6 Å². The van der Waals surface area contributed by atoms with Gasteiger partial charge in [0.25, 0.3) is 5.91 Å². The van der Waals surface area contributed by atoms with Crippen LogP contribution < -0.4 is 10.2 Å². The molecule has 1 aliphatic rings. The molecule has 6 heteroatoms. The van der Waals surface area contributed by atoms with Gasteiger partial charge in [-0.1, -0.05) is 18.2 Å². The Morgan fingerprint density at radius 1 is 1.11 bits per heavy atom. The van der Waals surface area contributed by atoms with Crippen LogP contribution in [-0.2, 0) is 4.79 Å². The third kappa shape index (κ3) is 3.60. The molecule has 0 spiro atoms. The minimum Gasteiger partial charge on any atom is -0.322 e. The minimum atomic E-state index is -0.251. The van der Waals surface area contributed by atoms with Crippen molar-refractivity contribution >= 4 is 23.2 Å². The van der Waals surface area contributed by atoms with Crippen LogP contribution in [0.2, 0.25) is 0 Å². The molecule has 3 aromatic rings. The highest BCUT2D eigenvalue weighted by atomic mass is 16.2. The first kappa shape index (κ1) is 17.0. The Morgan fingerprint density at radius 2 is 1.93 bits per heavy atom. The molecule has 0 saturated heterocycles. The summed E-state index contributed by atoms with van der Waals surface area (Å²) in [4.78, 5) is 26.9. The van der Waals surface area contributed by atoms with Gasteiger partial charge in [0.2, 0.25) is 5.91 Å². The first-order valence-corrected chi connectivity index (χ1v) is 8.91. The predicted molar refractivity (Wildman–Crippen MR) is 104 cm³/mol. The number of benzene rings is 2. The van der Waals surface area contributed by atoms with Crippen LogP contribution in [0.4, 0.5) is 11.4 Å². The number of hydrogen-bond acceptors (Lipinski definition) is 3. The average Bonchev–Trinajstić information content (AvgIpc) is 3.40. The van der Waals surface area contributed by atoms with Gasteiger partial charge < -0.3 is 10.2 Å². The van der Waals surface area contributed by atoms with E-state index in [9.17, 15) is 9.59 Å². The lowest BCUT2D eigenvalue weighted by molar-refractivity contribution is -0.119. The summed E-state index contributed by atoms with van der Waals surface area (Å²) in [5.74, 6) is -0.0912. The normalized spacial score (nSPS) is 13.2. The van der Waals surface area contributed by atoms with Gasteiger partial charge in [0.1, 0.15) is 0 Å². The van der Waals surface area contributed by atoms with Crippen LogP contribution in [0.3, 0.4) is 0 Å². The fourth-order valence-corrected chi connectivity index (χ4v) is 3.03. The molecule has 1 saturated carbocycles. The molecule has 4 rings (SSSR count). The van der Waals surface area contributed by atoms with Crippen LogP contribution >= 0.6 is 0 Å². The summed E-state index contributed by atoms with van der Waals surface area (Å²) < 4.78 is 1.73. The van der Waals surface area contributed by atoms with Gasteiger partial charge >= 0.3 is 0 Å². The molecule has 1 fully saturated rings. The Bertz CT molecular complexity index is 977. The number of para-hydroxylation sites is 1. The molecule has 2 aromatic carbocycles. The minimum absolute atomic E-state index is 0.0657. The lowest BCUT2D eigenvalue weighted by atomic mass is 10.1. The van der Waals surface area contributed by atoms with E-state index in [2.05, 4.69) is 10.4 Å². The fraction of sp³-hybridized carbons (Fsp3) is 0.190. The quantitative estimate of drug-likeness (QED) is 0.757. The van der Waals surface area contributed by atoms with E-state index in [4.69, 9.17) is 0 Å². The summed E-state index contributed by atoms with van der Waals surface area (Å²) >= 11 is 0. The van der Waals surface area contributed by atoms with Crippen molar-refractivity contribution in [1.29, 1.82) is 0 Å². The third-order valence-electron chi connectivity index (χ3n) is 4.64. The van der Waals surface area contributed by atoms with Gasteiger partial charge in [-0.25, -0.2) is 4.68 Å². The number of anilines is 2. The molecule has 0 bridgehead atoms. The SMILES string of the molecule is CN(C(=O)C1CC1)c1ccccc1C(=O)Nc1cccc(-n2cccn2)c1. The van der Waals surface area contributed by atoms with E-state index in [-0.39, 0.29) is 17.7 Å². The first-order chi connectivity index (χ1) is 13.1. The summed E-state index contributed by atoms with van der Waals surface area (Å²) in [7, 11) is 1.73. The highest BCUT2D eigenvalue weighted by Crippen LogP contribution is 2.33. The van der Waals surface area contributed by atoms with Crippen molar-refractivity contribution in [3.63, 3.8) is 0 Å². The molecule has 1 aromatic heterocycles. The predicted octanol–water partition coefficient (Wildman–Crippen LogP) is 3.50. The van der Waals surface area contributed by atoms with Crippen LogP contribution in [0.25, 0.3) is 5.69 Å². The van der Waals surface area contributed by atoms with Gasteiger partial charge in [-0.2, -0.15) is 5.10 Å². The van der Waals surface area contributed by atoms with E-state index >= 15 is 0 Å². The summed E-state index contributed by atoms with van der Waals surface area (Å²) in [5, 5.41) is 7.13. The number of carbonyl (C=O) groups is 2. The molecule has 1 aliphatic carbocycles. The lowest BCUT2D eigenvalue weighted by Gasteiger charge is -2.20.